The highest BCUT2D eigenvalue weighted by molar-refractivity contribution is 5.90. The molecule has 3 amide bonds. The van der Waals surface area contributed by atoms with E-state index in [1.165, 1.54) is 0 Å². The molecule has 0 spiro atoms. The lowest BCUT2D eigenvalue weighted by molar-refractivity contribution is -0.149. The van der Waals surface area contributed by atoms with Crippen LogP contribution in [-0.4, -0.2) is 126 Å². The number of aliphatic hydroxyl groups is 1. The number of methoxy groups -OCH3 is 2. The van der Waals surface area contributed by atoms with Crippen LogP contribution < -0.4 is 10.6 Å². The number of amides is 3. The monoisotopic (exact) mass is 865 g/mol. The molecular formula is C49H80N6O7. The first-order chi connectivity index (χ1) is 29.3. The van der Waals surface area contributed by atoms with E-state index in [-0.39, 0.29) is 66.2 Å². The van der Waals surface area contributed by atoms with Crippen molar-refractivity contribution in [1.29, 1.82) is 0 Å². The van der Waals surface area contributed by atoms with Crippen LogP contribution in [-0.2, 0) is 35.2 Å². The number of carbonyl (C=O) groups excluding carboxylic acids is 4. The first kappa shape index (κ1) is 52.4. The minimum absolute atomic E-state index is 0.0144. The molecule has 1 saturated heterocycles. The number of aliphatic hydroxyl groups excluding tert-OH is 1. The first-order valence-corrected chi connectivity index (χ1v) is 22.9. The van der Waals surface area contributed by atoms with Gasteiger partial charge in [0.05, 0.1) is 54.8 Å². The number of pyridine rings is 1. The molecular weight excluding hydrogens is 785 g/mol. The van der Waals surface area contributed by atoms with Gasteiger partial charge in [-0.3, -0.25) is 24.1 Å². The molecule has 13 heteroatoms. The van der Waals surface area contributed by atoms with Crippen molar-refractivity contribution in [3.05, 3.63) is 59.8 Å². The number of ketones is 1. The zero-order valence-corrected chi connectivity index (χ0v) is 40.3. The Morgan fingerprint density at radius 3 is 2.15 bits per heavy atom. The Labute approximate surface area is 373 Å². The summed E-state index contributed by atoms with van der Waals surface area (Å²) in [5.41, 5.74) is 1.75. The first-order valence-electron chi connectivity index (χ1n) is 22.9. The SMILES string of the molecule is CC[C@H](C)[C@@H]([C@@H](CC(=O)N1CCC[C@H]1[C@H](OC)[C@@H](C)C(=O)N[C@H](C)[C@@H](O)c1ccccc1)OC)N(C)C(=O)[C@@H](CC(=O)[C@H](C(C)C)N(C)Cc1ccnc(NC(C)C)c1)C(C)C. The van der Waals surface area contributed by atoms with Gasteiger partial charge in [0.25, 0.3) is 0 Å². The van der Waals surface area contributed by atoms with Gasteiger partial charge in [0.1, 0.15) is 5.82 Å². The fourth-order valence-electron chi connectivity index (χ4n) is 9.35. The van der Waals surface area contributed by atoms with Gasteiger partial charge in [0.2, 0.25) is 17.7 Å². The molecule has 0 radical (unpaired) electrons. The lowest BCUT2D eigenvalue weighted by atomic mass is 9.83. The number of aromatic nitrogens is 1. The minimum atomic E-state index is -0.883. The average molecular weight is 865 g/mol. The number of ether oxygens (including phenoxy) is 2. The van der Waals surface area contributed by atoms with Crippen LogP contribution in [0.3, 0.4) is 0 Å². The van der Waals surface area contributed by atoms with Crippen LogP contribution in [0, 0.1) is 29.6 Å². The summed E-state index contributed by atoms with van der Waals surface area (Å²) in [4.78, 5) is 67.0. The second-order valence-corrected chi connectivity index (χ2v) is 18.7. The third-order valence-corrected chi connectivity index (χ3v) is 12.9. The number of hydrogen-bond donors (Lipinski definition) is 3. The third kappa shape index (κ3) is 14.0. The van der Waals surface area contributed by atoms with Crippen LogP contribution in [0.4, 0.5) is 5.82 Å². The van der Waals surface area contributed by atoms with Crippen molar-refractivity contribution in [2.24, 2.45) is 29.6 Å². The van der Waals surface area contributed by atoms with E-state index in [1.807, 2.05) is 82.1 Å². The number of carbonyl (C=O) groups is 4. The molecule has 3 rings (SSSR count). The van der Waals surface area contributed by atoms with E-state index >= 15 is 0 Å². The second kappa shape index (κ2) is 24.8. The van der Waals surface area contributed by atoms with Gasteiger partial charge >= 0.3 is 0 Å². The number of rotatable bonds is 25. The summed E-state index contributed by atoms with van der Waals surface area (Å²) in [6.45, 7) is 21.0. The summed E-state index contributed by atoms with van der Waals surface area (Å²) >= 11 is 0. The van der Waals surface area contributed by atoms with Crippen LogP contribution in [0.15, 0.2) is 48.7 Å². The third-order valence-electron chi connectivity index (χ3n) is 12.9. The van der Waals surface area contributed by atoms with Crippen molar-refractivity contribution in [1.82, 2.24) is 25.0 Å². The maximum absolute atomic E-state index is 14.7. The summed E-state index contributed by atoms with van der Waals surface area (Å²) < 4.78 is 12.1. The Morgan fingerprint density at radius 1 is 0.919 bits per heavy atom. The fourth-order valence-corrected chi connectivity index (χ4v) is 9.35. The molecule has 1 aromatic carbocycles. The molecule has 1 fully saturated rings. The number of nitrogens with one attached hydrogen (secondary N) is 2. The van der Waals surface area contributed by atoms with Crippen LogP contribution in [0.5, 0.6) is 0 Å². The number of anilines is 1. The molecule has 10 atom stereocenters. The molecule has 0 saturated carbocycles. The Hall–Kier alpha value is -3.91. The molecule has 2 aromatic rings. The number of nitrogens with zero attached hydrogens (tertiary/aromatic N) is 4. The normalized spacial score (nSPS) is 18.8. The Morgan fingerprint density at radius 2 is 1.58 bits per heavy atom. The van der Waals surface area contributed by atoms with Crippen molar-refractivity contribution >= 4 is 29.3 Å². The molecule has 1 aliphatic heterocycles. The van der Waals surface area contributed by atoms with E-state index in [9.17, 15) is 24.3 Å². The van der Waals surface area contributed by atoms with Crippen molar-refractivity contribution in [3.63, 3.8) is 0 Å². The molecule has 3 N–H and O–H groups in total. The molecule has 0 unspecified atom stereocenters. The van der Waals surface area contributed by atoms with Gasteiger partial charge in [-0.25, -0.2) is 4.98 Å². The summed E-state index contributed by atoms with van der Waals surface area (Å²) in [5, 5.41) is 17.2. The fraction of sp³-hybridized carbons (Fsp3) is 0.694. The number of hydrogen-bond acceptors (Lipinski definition) is 10. The molecule has 1 aromatic heterocycles. The highest BCUT2D eigenvalue weighted by atomic mass is 16.5. The van der Waals surface area contributed by atoms with Crippen molar-refractivity contribution in [2.75, 3.05) is 40.2 Å². The van der Waals surface area contributed by atoms with Crippen LogP contribution in [0.2, 0.25) is 0 Å². The molecule has 348 valence electrons. The molecule has 13 nitrogen and oxygen atoms in total. The number of benzene rings is 1. The molecule has 2 heterocycles. The van der Waals surface area contributed by atoms with Gasteiger partial charge < -0.3 is 35.0 Å². The molecule has 62 heavy (non-hydrogen) atoms. The van der Waals surface area contributed by atoms with Gasteiger partial charge in [0.15, 0.2) is 5.78 Å². The quantitative estimate of drug-likeness (QED) is 0.0978. The Balaban J connectivity index is 1.77. The number of likely N-dealkylation sites (tertiary alicyclic amines) is 1. The molecule has 0 aliphatic carbocycles. The van der Waals surface area contributed by atoms with Gasteiger partial charge in [-0.05, 0) is 81.7 Å². The maximum atomic E-state index is 14.7. The largest absolute Gasteiger partial charge is 0.386 e. The lowest BCUT2D eigenvalue weighted by Crippen LogP contribution is -2.54. The van der Waals surface area contributed by atoms with Crippen molar-refractivity contribution in [2.45, 2.75) is 156 Å². The lowest BCUT2D eigenvalue weighted by Gasteiger charge is -2.41. The maximum Gasteiger partial charge on any atom is 0.226 e. The molecule has 0 bridgehead atoms. The standard InChI is InChI=1S/C49H80N6O7/c1-15-33(8)45(54(12)49(60)38(30(2)3)27-40(56)44(31(4)5)53(11)29-36-23-24-50-42(26-36)51-32(6)7)41(61-13)28-43(57)55-25-19-22-39(55)47(62-14)34(9)48(59)52-35(10)46(58)37-20-17-16-18-21-37/h16-18,20-21,23-24,26,30-35,38-39,41,44-47,58H,15,19,22,25,27-29H2,1-14H3,(H,50,51)(H,52,59)/t33-,34+,35+,38-,39-,41+,44-,45-,46+,47+/m0/s1. The Kier molecular flexibility index (Phi) is 21.0. The van der Waals surface area contributed by atoms with E-state index in [0.717, 1.165) is 24.2 Å². The van der Waals surface area contributed by atoms with E-state index < -0.39 is 48.3 Å². The van der Waals surface area contributed by atoms with Crippen molar-refractivity contribution < 1.29 is 33.8 Å². The van der Waals surface area contributed by atoms with E-state index in [2.05, 4.69) is 48.2 Å². The predicted octanol–water partition coefficient (Wildman–Crippen LogP) is 6.75. The second-order valence-electron chi connectivity index (χ2n) is 18.7. The zero-order valence-electron chi connectivity index (χ0n) is 40.3. The summed E-state index contributed by atoms with van der Waals surface area (Å²) in [5.74, 6) is -1.02. The summed E-state index contributed by atoms with van der Waals surface area (Å²) in [7, 11) is 6.89. The average Bonchev–Trinajstić information content (AvgIpc) is 3.71. The Bertz CT molecular complexity index is 1710. The number of Topliss-reactive ketones (excluding diaryl/α,β-unsaturated/α-hetero) is 1. The smallest absolute Gasteiger partial charge is 0.226 e. The van der Waals surface area contributed by atoms with Gasteiger partial charge in [0, 0.05) is 58.9 Å². The van der Waals surface area contributed by atoms with Gasteiger partial charge in [-0.2, -0.15) is 0 Å². The van der Waals surface area contributed by atoms with Crippen molar-refractivity contribution in [3.8, 4) is 0 Å². The van der Waals surface area contributed by atoms with Crippen LogP contribution in [0.1, 0.15) is 119 Å². The summed E-state index contributed by atoms with van der Waals surface area (Å²) in [6.07, 6.45) is 1.99. The highest BCUT2D eigenvalue weighted by Gasteiger charge is 2.43. The van der Waals surface area contributed by atoms with E-state index in [1.54, 1.807) is 46.2 Å². The molecule has 1 aliphatic rings. The van der Waals surface area contributed by atoms with Crippen LogP contribution in [0.25, 0.3) is 0 Å². The van der Waals surface area contributed by atoms with Gasteiger partial charge in [-0.15, -0.1) is 0 Å². The predicted molar refractivity (Wildman–Crippen MR) is 246 cm³/mol. The van der Waals surface area contributed by atoms with Crippen LogP contribution >= 0.6 is 0 Å². The van der Waals surface area contributed by atoms with Gasteiger partial charge in [-0.1, -0.05) is 85.2 Å². The van der Waals surface area contributed by atoms with E-state index in [0.29, 0.717) is 25.1 Å². The number of likely N-dealkylation sites (N-methyl/N-ethyl adjacent to an activating group) is 2. The van der Waals surface area contributed by atoms with E-state index in [4.69, 9.17) is 9.47 Å². The highest BCUT2D eigenvalue weighted by Crippen LogP contribution is 2.31. The minimum Gasteiger partial charge on any atom is -0.386 e. The topological polar surface area (TPSA) is 154 Å². The zero-order chi connectivity index (χ0) is 46.4. The summed E-state index contributed by atoms with van der Waals surface area (Å²) in [6, 6.07) is 11.7.